The molecule has 4 nitrogen and oxygen atoms in total. The summed E-state index contributed by atoms with van der Waals surface area (Å²) < 4.78 is 26.0. The van der Waals surface area contributed by atoms with Crippen LogP contribution in [0.15, 0.2) is 18.3 Å². The number of aromatic nitrogens is 1. The molecule has 1 fully saturated rings. The van der Waals surface area contributed by atoms with Crippen LogP contribution in [0.25, 0.3) is 0 Å². The van der Waals surface area contributed by atoms with Crippen molar-refractivity contribution in [1.82, 2.24) is 4.98 Å². The second kappa shape index (κ2) is 4.58. The second-order valence-electron chi connectivity index (χ2n) is 4.13. The highest BCUT2D eigenvalue weighted by atomic mass is 19.3. The van der Waals surface area contributed by atoms with Crippen LogP contribution in [-0.4, -0.2) is 41.2 Å². The van der Waals surface area contributed by atoms with E-state index in [1.54, 1.807) is 11.0 Å². The average molecular weight is 242 g/mol. The molecule has 1 aromatic rings. The summed E-state index contributed by atoms with van der Waals surface area (Å²) in [6.07, 6.45) is 1.04. The van der Waals surface area contributed by atoms with Gasteiger partial charge in [0.2, 0.25) is 0 Å². The zero-order valence-corrected chi connectivity index (χ0v) is 9.18. The minimum atomic E-state index is -2.62. The Morgan fingerprint density at radius 2 is 1.94 bits per heavy atom. The lowest BCUT2D eigenvalue weighted by Gasteiger charge is -2.33. The van der Waals surface area contributed by atoms with E-state index in [1.165, 1.54) is 12.3 Å². The molecular formula is C10H13BF2N2O2. The number of piperidine rings is 1. The van der Waals surface area contributed by atoms with Gasteiger partial charge in [0.25, 0.3) is 5.92 Å². The van der Waals surface area contributed by atoms with Crippen LogP contribution >= 0.6 is 0 Å². The van der Waals surface area contributed by atoms with Gasteiger partial charge in [-0.3, -0.25) is 0 Å². The zero-order chi connectivity index (χ0) is 12.5. The maximum absolute atomic E-state index is 13.0. The molecule has 1 aliphatic rings. The normalized spacial score (nSPS) is 19.2. The summed E-state index contributed by atoms with van der Waals surface area (Å²) in [4.78, 5) is 5.69. The molecule has 2 N–H and O–H groups in total. The summed E-state index contributed by atoms with van der Waals surface area (Å²) in [6.45, 7) is 0.341. The highest BCUT2D eigenvalue weighted by molar-refractivity contribution is 6.60. The van der Waals surface area contributed by atoms with Crippen LogP contribution in [0.2, 0.25) is 0 Å². The Morgan fingerprint density at radius 1 is 1.29 bits per heavy atom. The number of hydrogen-bond donors (Lipinski definition) is 2. The molecule has 0 bridgehead atoms. The van der Waals surface area contributed by atoms with Crippen molar-refractivity contribution in [3.63, 3.8) is 0 Å². The number of anilines is 1. The molecule has 1 aliphatic heterocycles. The van der Waals surface area contributed by atoms with Gasteiger partial charge in [0.1, 0.15) is 5.82 Å². The molecule has 17 heavy (non-hydrogen) atoms. The fourth-order valence-electron chi connectivity index (χ4n) is 1.92. The first kappa shape index (κ1) is 12.3. The zero-order valence-electron chi connectivity index (χ0n) is 9.18. The summed E-state index contributed by atoms with van der Waals surface area (Å²) in [7, 11) is -1.64. The van der Waals surface area contributed by atoms with Gasteiger partial charge in [-0.2, -0.15) is 0 Å². The molecule has 0 radical (unpaired) electrons. The van der Waals surface area contributed by atoms with Crippen LogP contribution in [0.4, 0.5) is 14.6 Å². The second-order valence-corrected chi connectivity index (χ2v) is 4.13. The number of hydrogen-bond acceptors (Lipinski definition) is 4. The fourth-order valence-corrected chi connectivity index (χ4v) is 1.92. The van der Waals surface area contributed by atoms with Gasteiger partial charge in [-0.1, -0.05) is 6.07 Å². The van der Waals surface area contributed by atoms with Crippen molar-refractivity contribution in [2.45, 2.75) is 18.8 Å². The predicted molar refractivity (Wildman–Crippen MR) is 60.5 cm³/mol. The summed E-state index contributed by atoms with van der Waals surface area (Å²) in [5.74, 6) is -2.25. The SMILES string of the molecule is OB(O)c1cccnc1N1CCC(F)(F)CC1. The summed E-state index contributed by atoms with van der Waals surface area (Å²) in [6, 6.07) is 3.11. The third kappa shape index (κ3) is 2.73. The third-order valence-corrected chi connectivity index (χ3v) is 2.89. The van der Waals surface area contributed by atoms with Crippen LogP contribution < -0.4 is 10.4 Å². The maximum atomic E-state index is 13.0. The first-order valence-electron chi connectivity index (χ1n) is 5.43. The third-order valence-electron chi connectivity index (χ3n) is 2.89. The van der Waals surface area contributed by atoms with E-state index < -0.39 is 13.0 Å². The van der Waals surface area contributed by atoms with E-state index in [-0.39, 0.29) is 31.4 Å². The van der Waals surface area contributed by atoms with Gasteiger partial charge < -0.3 is 14.9 Å². The van der Waals surface area contributed by atoms with Gasteiger partial charge in [-0.15, -0.1) is 0 Å². The lowest BCUT2D eigenvalue weighted by molar-refractivity contribution is -0.0221. The number of rotatable bonds is 2. The molecule has 0 atom stereocenters. The van der Waals surface area contributed by atoms with E-state index >= 15 is 0 Å². The highest BCUT2D eigenvalue weighted by Gasteiger charge is 2.35. The Labute approximate surface area is 98.0 Å². The lowest BCUT2D eigenvalue weighted by Crippen LogP contribution is -2.44. The fraction of sp³-hybridized carbons (Fsp3) is 0.500. The molecule has 0 aliphatic carbocycles. The monoisotopic (exact) mass is 242 g/mol. The van der Waals surface area contributed by atoms with Crippen LogP contribution in [0.3, 0.4) is 0 Å². The molecule has 92 valence electrons. The van der Waals surface area contributed by atoms with E-state index in [0.717, 1.165) is 0 Å². The molecular weight excluding hydrogens is 229 g/mol. The number of alkyl halides is 2. The molecule has 0 spiro atoms. The van der Waals surface area contributed by atoms with Crippen molar-refractivity contribution in [3.8, 4) is 0 Å². The van der Waals surface area contributed by atoms with Crippen LogP contribution in [0.5, 0.6) is 0 Å². The topological polar surface area (TPSA) is 56.6 Å². The molecule has 0 amide bonds. The number of halogens is 2. The largest absolute Gasteiger partial charge is 0.492 e. The number of pyridine rings is 1. The minimum absolute atomic E-state index is 0.170. The van der Waals surface area contributed by atoms with E-state index in [1.807, 2.05) is 0 Å². The Morgan fingerprint density at radius 3 is 2.53 bits per heavy atom. The molecule has 1 aromatic heterocycles. The molecule has 0 unspecified atom stereocenters. The number of nitrogens with zero attached hydrogens (tertiary/aromatic N) is 2. The first-order chi connectivity index (χ1) is 7.99. The average Bonchev–Trinajstić information content (AvgIpc) is 2.29. The molecule has 1 saturated heterocycles. The van der Waals surface area contributed by atoms with Crippen molar-refractivity contribution < 1.29 is 18.8 Å². The summed E-state index contributed by atoms with van der Waals surface area (Å²) in [5.41, 5.74) is 0.248. The quantitative estimate of drug-likeness (QED) is 0.716. The molecule has 7 heteroatoms. The van der Waals surface area contributed by atoms with Crippen molar-refractivity contribution in [3.05, 3.63) is 18.3 Å². The smallest absolute Gasteiger partial charge is 0.423 e. The van der Waals surface area contributed by atoms with Crippen molar-refractivity contribution in [2.24, 2.45) is 0 Å². The van der Waals surface area contributed by atoms with Gasteiger partial charge in [-0.25, -0.2) is 13.8 Å². The molecule has 0 aromatic carbocycles. The van der Waals surface area contributed by atoms with Crippen molar-refractivity contribution in [2.75, 3.05) is 18.0 Å². The van der Waals surface area contributed by atoms with E-state index in [0.29, 0.717) is 5.82 Å². The Bertz CT molecular complexity index is 394. The maximum Gasteiger partial charge on any atom is 0.492 e. The molecule has 2 rings (SSSR count). The van der Waals surface area contributed by atoms with Crippen molar-refractivity contribution >= 4 is 18.4 Å². The summed E-state index contributed by atoms with van der Waals surface area (Å²) >= 11 is 0. The molecule has 2 heterocycles. The highest BCUT2D eigenvalue weighted by Crippen LogP contribution is 2.29. The van der Waals surface area contributed by atoms with Crippen molar-refractivity contribution in [1.29, 1.82) is 0 Å². The van der Waals surface area contributed by atoms with Gasteiger partial charge in [0.15, 0.2) is 0 Å². The first-order valence-corrected chi connectivity index (χ1v) is 5.43. The Kier molecular flexibility index (Phi) is 3.30. The Hall–Kier alpha value is -1.21. The standard InChI is InChI=1S/C10H13BF2N2O2/c12-10(13)3-6-15(7-4-10)9-8(11(16)17)2-1-5-14-9/h1-2,5,16-17H,3-4,6-7H2. The predicted octanol–water partition coefficient (Wildman–Crippen LogP) is -0.00310. The van der Waals surface area contributed by atoms with Gasteiger partial charge in [-0.05, 0) is 6.07 Å². The molecule has 0 saturated carbocycles. The van der Waals surface area contributed by atoms with E-state index in [2.05, 4.69) is 4.98 Å². The van der Waals surface area contributed by atoms with Crippen LogP contribution in [0.1, 0.15) is 12.8 Å². The summed E-state index contributed by atoms with van der Waals surface area (Å²) in [5, 5.41) is 18.4. The van der Waals surface area contributed by atoms with Crippen LogP contribution in [0, 0.1) is 0 Å². The van der Waals surface area contributed by atoms with Gasteiger partial charge in [0, 0.05) is 37.6 Å². The van der Waals surface area contributed by atoms with E-state index in [9.17, 15) is 18.8 Å². The minimum Gasteiger partial charge on any atom is -0.423 e. The lowest BCUT2D eigenvalue weighted by atomic mass is 9.80. The van der Waals surface area contributed by atoms with Gasteiger partial charge in [0.05, 0.1) is 0 Å². The van der Waals surface area contributed by atoms with Gasteiger partial charge >= 0.3 is 7.12 Å². The van der Waals surface area contributed by atoms with E-state index in [4.69, 9.17) is 0 Å². The Balaban J connectivity index is 2.18. The van der Waals surface area contributed by atoms with Crippen LogP contribution in [-0.2, 0) is 0 Å².